The van der Waals surface area contributed by atoms with Gasteiger partial charge in [-0.2, -0.15) is 4.31 Å². The molecule has 3 N–H and O–H groups in total. The average molecular weight is 631 g/mol. The number of hydrazine groups is 1. The number of carbonyl (C=O) groups is 2. The van der Waals surface area contributed by atoms with E-state index in [0.29, 0.717) is 11.5 Å². The SMILES string of the molecule is CC(C)CN(C[C@@H](O)C(Cc1ccccc1)N(NC(=O)CNC1CC1)C(=O)CC(C)(C)C)S(=O)(=O)c1ccc2c(c1)OCO2. The maximum Gasteiger partial charge on any atom is 0.252 e. The fraction of sp³-hybridized carbons (Fsp3) is 0.562. The molecule has 2 amide bonds. The highest BCUT2D eigenvalue weighted by molar-refractivity contribution is 7.89. The summed E-state index contributed by atoms with van der Waals surface area (Å²) >= 11 is 0. The number of rotatable bonds is 14. The van der Waals surface area contributed by atoms with Crippen LogP contribution in [0.2, 0.25) is 0 Å². The summed E-state index contributed by atoms with van der Waals surface area (Å²) in [5.41, 5.74) is 3.18. The maximum atomic E-state index is 14.0. The van der Waals surface area contributed by atoms with Crippen molar-refractivity contribution in [2.24, 2.45) is 11.3 Å². The first-order valence-electron chi connectivity index (χ1n) is 15.2. The van der Waals surface area contributed by atoms with Crippen molar-refractivity contribution in [3.8, 4) is 11.5 Å². The van der Waals surface area contributed by atoms with Crippen LogP contribution >= 0.6 is 0 Å². The maximum absolute atomic E-state index is 14.0. The predicted molar refractivity (Wildman–Crippen MR) is 166 cm³/mol. The molecule has 0 radical (unpaired) electrons. The van der Waals surface area contributed by atoms with Crippen LogP contribution in [-0.2, 0) is 26.0 Å². The molecular formula is C32H46N4O7S. The summed E-state index contributed by atoms with van der Waals surface area (Å²) in [6.07, 6.45) is 0.941. The summed E-state index contributed by atoms with van der Waals surface area (Å²) in [5.74, 6) is -0.0464. The molecule has 1 aliphatic heterocycles. The summed E-state index contributed by atoms with van der Waals surface area (Å²) in [5, 5.41) is 16.2. The Morgan fingerprint density at radius 2 is 1.70 bits per heavy atom. The van der Waals surface area contributed by atoms with Crippen molar-refractivity contribution in [3.63, 3.8) is 0 Å². The molecule has 1 fully saturated rings. The van der Waals surface area contributed by atoms with Gasteiger partial charge in [0, 0.05) is 31.6 Å². The number of hydrogen-bond donors (Lipinski definition) is 3. The number of benzene rings is 2. The number of aliphatic hydroxyl groups is 1. The first-order valence-corrected chi connectivity index (χ1v) is 16.6. The Hall–Kier alpha value is -3.19. The van der Waals surface area contributed by atoms with Gasteiger partial charge < -0.3 is 19.9 Å². The molecule has 0 aromatic heterocycles. The lowest BCUT2D eigenvalue weighted by atomic mass is 9.91. The van der Waals surface area contributed by atoms with Crippen LogP contribution in [0.5, 0.6) is 11.5 Å². The van der Waals surface area contributed by atoms with Gasteiger partial charge in [-0.05, 0) is 48.3 Å². The summed E-state index contributed by atoms with van der Waals surface area (Å²) in [6.45, 7) is 9.40. The highest BCUT2D eigenvalue weighted by Gasteiger charge is 2.37. The van der Waals surface area contributed by atoms with Gasteiger partial charge in [0.05, 0.1) is 23.6 Å². The zero-order chi connectivity index (χ0) is 32.1. The van der Waals surface area contributed by atoms with E-state index in [1.165, 1.54) is 21.4 Å². The van der Waals surface area contributed by atoms with Crippen molar-refractivity contribution < 1.29 is 32.6 Å². The van der Waals surface area contributed by atoms with Crippen LogP contribution in [0.3, 0.4) is 0 Å². The normalized spacial score (nSPS) is 16.2. The third kappa shape index (κ3) is 9.40. The number of ether oxygens (including phenoxy) is 2. The van der Waals surface area contributed by atoms with Gasteiger partial charge in [0.1, 0.15) is 0 Å². The molecule has 1 aliphatic carbocycles. The Kier molecular flexibility index (Phi) is 10.9. The molecule has 1 unspecified atom stereocenters. The number of sulfonamides is 1. The summed E-state index contributed by atoms with van der Waals surface area (Å²) in [7, 11) is -4.09. The lowest BCUT2D eigenvalue weighted by Crippen LogP contribution is -2.60. The van der Waals surface area contributed by atoms with E-state index in [1.54, 1.807) is 6.07 Å². The quantitative estimate of drug-likeness (QED) is 0.271. The lowest BCUT2D eigenvalue weighted by Gasteiger charge is -2.38. The Morgan fingerprint density at radius 3 is 2.34 bits per heavy atom. The van der Waals surface area contributed by atoms with E-state index in [1.807, 2.05) is 65.0 Å². The topological polar surface area (TPSA) is 138 Å². The molecule has 2 aromatic carbocycles. The number of carbonyl (C=O) groups excluding carboxylic acids is 2. The van der Waals surface area contributed by atoms with Gasteiger partial charge in [-0.1, -0.05) is 65.0 Å². The van der Waals surface area contributed by atoms with E-state index in [-0.39, 0.29) is 62.0 Å². The lowest BCUT2D eigenvalue weighted by molar-refractivity contribution is -0.149. The standard InChI is InChI=1S/C32H46N4O7S/c1-22(2)19-35(44(40,41)25-13-14-28-29(16-25)43-21-42-28)20-27(37)26(15-23-9-7-6-8-10-23)36(31(39)17-32(3,4)5)34-30(38)18-33-24-11-12-24/h6-10,13-14,16,22,24,26-27,33,37H,11-12,15,17-21H2,1-5H3,(H,34,38)/t26?,27-/m1/s1. The van der Waals surface area contributed by atoms with Gasteiger partial charge in [-0.3, -0.25) is 15.0 Å². The molecule has 44 heavy (non-hydrogen) atoms. The summed E-state index contributed by atoms with van der Waals surface area (Å²) in [6, 6.07) is 13.1. The molecule has 0 saturated heterocycles. The van der Waals surface area contributed by atoms with Crippen LogP contribution in [-0.4, -0.2) is 79.3 Å². The van der Waals surface area contributed by atoms with Crippen molar-refractivity contribution in [3.05, 3.63) is 54.1 Å². The fourth-order valence-corrected chi connectivity index (χ4v) is 6.65. The Morgan fingerprint density at radius 1 is 1.02 bits per heavy atom. The van der Waals surface area contributed by atoms with Crippen LogP contribution in [0.1, 0.15) is 59.4 Å². The minimum absolute atomic E-state index is 0.00864. The van der Waals surface area contributed by atoms with Crippen molar-refractivity contribution >= 4 is 21.8 Å². The van der Waals surface area contributed by atoms with Gasteiger partial charge in [0.2, 0.25) is 22.7 Å². The van der Waals surface area contributed by atoms with Gasteiger partial charge in [0.15, 0.2) is 11.5 Å². The molecule has 242 valence electrons. The van der Waals surface area contributed by atoms with Crippen LogP contribution in [0.15, 0.2) is 53.4 Å². The Balaban J connectivity index is 1.66. The van der Waals surface area contributed by atoms with Gasteiger partial charge in [-0.15, -0.1) is 0 Å². The van der Waals surface area contributed by atoms with E-state index in [2.05, 4.69) is 10.7 Å². The molecule has 2 aliphatic rings. The van der Waals surface area contributed by atoms with Crippen LogP contribution in [0.25, 0.3) is 0 Å². The van der Waals surface area contributed by atoms with Gasteiger partial charge in [-0.25, -0.2) is 13.4 Å². The smallest absolute Gasteiger partial charge is 0.252 e. The minimum atomic E-state index is -4.09. The number of fused-ring (bicyclic) bond motifs is 1. The molecule has 4 rings (SSSR count). The largest absolute Gasteiger partial charge is 0.454 e. The van der Waals surface area contributed by atoms with Crippen LogP contribution < -0.4 is 20.2 Å². The number of hydrogen-bond acceptors (Lipinski definition) is 8. The third-order valence-corrected chi connectivity index (χ3v) is 9.16. The third-order valence-electron chi connectivity index (χ3n) is 7.33. The van der Waals surface area contributed by atoms with Crippen LogP contribution in [0.4, 0.5) is 0 Å². The minimum Gasteiger partial charge on any atom is -0.454 e. The number of amides is 2. The molecular weight excluding hydrogens is 584 g/mol. The Labute approximate surface area is 260 Å². The Bertz CT molecular complexity index is 1390. The monoisotopic (exact) mass is 630 g/mol. The van der Waals surface area contributed by atoms with E-state index < -0.39 is 33.5 Å². The molecule has 1 heterocycles. The second-order valence-electron chi connectivity index (χ2n) is 13.2. The van der Waals surface area contributed by atoms with Crippen molar-refractivity contribution in [2.45, 2.75) is 83.4 Å². The van der Waals surface area contributed by atoms with Crippen molar-refractivity contribution in [2.75, 3.05) is 26.4 Å². The van der Waals surface area contributed by atoms with Gasteiger partial charge >= 0.3 is 0 Å². The van der Waals surface area contributed by atoms with Crippen molar-refractivity contribution in [1.29, 1.82) is 0 Å². The summed E-state index contributed by atoms with van der Waals surface area (Å²) in [4.78, 5) is 26.9. The first kappa shape index (κ1) is 33.7. The second-order valence-corrected chi connectivity index (χ2v) is 15.2. The van der Waals surface area contributed by atoms with E-state index in [9.17, 15) is 23.1 Å². The molecule has 12 heteroatoms. The zero-order valence-corrected chi connectivity index (χ0v) is 27.1. The summed E-state index contributed by atoms with van der Waals surface area (Å²) < 4.78 is 39.9. The first-order chi connectivity index (χ1) is 20.7. The molecule has 2 atom stereocenters. The van der Waals surface area contributed by atoms with Gasteiger partial charge in [0.25, 0.3) is 5.91 Å². The predicted octanol–water partition coefficient (Wildman–Crippen LogP) is 3.08. The highest BCUT2D eigenvalue weighted by atomic mass is 32.2. The molecule has 11 nitrogen and oxygen atoms in total. The fourth-order valence-electron chi connectivity index (χ4n) is 5.02. The van der Waals surface area contributed by atoms with E-state index in [0.717, 1.165) is 18.4 Å². The van der Waals surface area contributed by atoms with Crippen LogP contribution in [0, 0.1) is 11.3 Å². The molecule has 0 spiro atoms. The average Bonchev–Trinajstić information content (AvgIpc) is 3.66. The van der Waals surface area contributed by atoms with E-state index in [4.69, 9.17) is 9.47 Å². The van der Waals surface area contributed by atoms with E-state index >= 15 is 0 Å². The number of nitrogens with zero attached hydrogens (tertiary/aromatic N) is 2. The number of aliphatic hydroxyl groups excluding tert-OH is 1. The van der Waals surface area contributed by atoms with Crippen molar-refractivity contribution in [1.82, 2.24) is 20.1 Å². The highest BCUT2D eigenvalue weighted by Crippen LogP contribution is 2.35. The zero-order valence-electron chi connectivity index (χ0n) is 26.3. The molecule has 1 saturated carbocycles. The second kappa shape index (κ2) is 14.3. The molecule has 0 bridgehead atoms. The molecule has 2 aromatic rings. The number of nitrogens with one attached hydrogen (secondary N) is 2.